The van der Waals surface area contributed by atoms with Gasteiger partial charge in [-0.25, -0.2) is 9.78 Å². The van der Waals surface area contributed by atoms with E-state index in [-0.39, 0.29) is 6.61 Å². The first-order valence-electron chi connectivity index (χ1n) is 10.5. The second kappa shape index (κ2) is 9.67. The Labute approximate surface area is 204 Å². The van der Waals surface area contributed by atoms with Gasteiger partial charge in [0, 0.05) is 28.7 Å². The number of para-hydroxylation sites is 3. The fourth-order valence-corrected chi connectivity index (χ4v) is 4.26. The van der Waals surface area contributed by atoms with Gasteiger partial charge in [-0.15, -0.1) is 11.3 Å². The lowest BCUT2D eigenvalue weighted by Crippen LogP contribution is -2.05. The topological polar surface area (TPSA) is 110 Å². The second-order valence-corrected chi connectivity index (χ2v) is 8.28. The minimum absolute atomic E-state index is 0.139. The van der Waals surface area contributed by atoms with Gasteiger partial charge in [-0.3, -0.25) is 4.98 Å². The van der Waals surface area contributed by atoms with Gasteiger partial charge in [-0.05, 0) is 30.3 Å². The van der Waals surface area contributed by atoms with E-state index in [1.165, 1.54) is 17.5 Å². The highest BCUT2D eigenvalue weighted by Crippen LogP contribution is 2.32. The molecule has 0 aliphatic carbocycles. The third-order valence-corrected chi connectivity index (χ3v) is 6.03. The maximum absolute atomic E-state index is 12.9. The van der Waals surface area contributed by atoms with Crippen molar-refractivity contribution in [1.29, 1.82) is 5.26 Å². The standard InChI is InChI=1S/C26H18N4O4S/c1-32-22-7-3-2-6-20(22)29-26-30-21(15-35-26)19-11-16-5-4-8-23(24(16)34-25(19)31)33-14-17-9-10-28-13-18(17)12-27/h2-11,13,15H,14H2,1H3,(H,29,30). The smallest absolute Gasteiger partial charge is 0.345 e. The average molecular weight is 483 g/mol. The summed E-state index contributed by atoms with van der Waals surface area (Å²) in [5, 5.41) is 15.6. The predicted molar refractivity (Wildman–Crippen MR) is 133 cm³/mol. The number of thiazole rings is 1. The molecule has 0 saturated heterocycles. The van der Waals surface area contributed by atoms with Gasteiger partial charge in [-0.2, -0.15) is 5.26 Å². The zero-order valence-electron chi connectivity index (χ0n) is 18.5. The van der Waals surface area contributed by atoms with Crippen LogP contribution in [-0.2, 0) is 6.61 Å². The lowest BCUT2D eigenvalue weighted by molar-refractivity contribution is 0.304. The van der Waals surface area contributed by atoms with Gasteiger partial charge in [0.15, 0.2) is 16.5 Å². The van der Waals surface area contributed by atoms with Crippen LogP contribution >= 0.6 is 11.3 Å². The van der Waals surface area contributed by atoms with Crippen molar-refractivity contribution in [3.8, 4) is 28.8 Å². The number of fused-ring (bicyclic) bond motifs is 1. The number of pyridine rings is 1. The summed E-state index contributed by atoms with van der Waals surface area (Å²) in [7, 11) is 1.60. The number of nitrogens with zero attached hydrogens (tertiary/aromatic N) is 3. The van der Waals surface area contributed by atoms with Gasteiger partial charge in [-0.1, -0.05) is 24.3 Å². The van der Waals surface area contributed by atoms with Crippen molar-refractivity contribution in [2.75, 3.05) is 12.4 Å². The normalized spacial score (nSPS) is 10.6. The molecule has 0 atom stereocenters. The van der Waals surface area contributed by atoms with Crippen molar-refractivity contribution >= 4 is 33.1 Å². The molecule has 0 radical (unpaired) electrons. The molecule has 172 valence electrons. The van der Waals surface area contributed by atoms with Crippen LogP contribution in [0.1, 0.15) is 11.1 Å². The maximum atomic E-state index is 12.9. The Morgan fingerprint density at radius 1 is 1.14 bits per heavy atom. The fraction of sp³-hybridized carbons (Fsp3) is 0.0769. The molecule has 5 aromatic rings. The van der Waals surface area contributed by atoms with E-state index >= 15 is 0 Å². The molecule has 9 heteroatoms. The van der Waals surface area contributed by atoms with Crippen LogP contribution < -0.4 is 20.4 Å². The van der Waals surface area contributed by atoms with Gasteiger partial charge in [0.25, 0.3) is 0 Å². The van der Waals surface area contributed by atoms with Crippen LogP contribution in [0.25, 0.3) is 22.2 Å². The first-order valence-corrected chi connectivity index (χ1v) is 11.4. The molecule has 8 nitrogen and oxygen atoms in total. The Morgan fingerprint density at radius 3 is 2.86 bits per heavy atom. The number of benzene rings is 2. The molecule has 3 heterocycles. The van der Waals surface area contributed by atoms with Crippen molar-refractivity contribution in [1.82, 2.24) is 9.97 Å². The van der Waals surface area contributed by atoms with Crippen LogP contribution in [0.3, 0.4) is 0 Å². The van der Waals surface area contributed by atoms with Crippen molar-refractivity contribution in [2.45, 2.75) is 6.61 Å². The van der Waals surface area contributed by atoms with Gasteiger partial charge in [0.05, 0.1) is 29.6 Å². The largest absolute Gasteiger partial charge is 0.495 e. The minimum Gasteiger partial charge on any atom is -0.495 e. The number of nitriles is 1. The third kappa shape index (κ3) is 4.55. The zero-order valence-corrected chi connectivity index (χ0v) is 19.3. The van der Waals surface area contributed by atoms with Crippen LogP contribution in [0.15, 0.2) is 81.6 Å². The zero-order chi connectivity index (χ0) is 24.2. The Morgan fingerprint density at radius 2 is 2.00 bits per heavy atom. The Hall–Kier alpha value is -4.68. The van der Waals surface area contributed by atoms with Crippen LogP contribution in [-0.4, -0.2) is 17.1 Å². The summed E-state index contributed by atoms with van der Waals surface area (Å²) in [5.74, 6) is 1.10. The highest BCUT2D eigenvalue weighted by Gasteiger charge is 2.15. The van der Waals surface area contributed by atoms with E-state index in [1.54, 1.807) is 36.9 Å². The summed E-state index contributed by atoms with van der Waals surface area (Å²) in [6, 6.07) is 18.4. The SMILES string of the molecule is COc1ccccc1Nc1nc(-c2cc3cccc(OCc4ccncc4C#N)c3oc2=O)cs1. The highest BCUT2D eigenvalue weighted by molar-refractivity contribution is 7.14. The molecule has 0 fully saturated rings. The quantitative estimate of drug-likeness (QED) is 0.302. The molecular weight excluding hydrogens is 464 g/mol. The summed E-state index contributed by atoms with van der Waals surface area (Å²) in [6.07, 6.45) is 3.08. The molecule has 0 spiro atoms. The van der Waals surface area contributed by atoms with E-state index in [9.17, 15) is 10.1 Å². The third-order valence-electron chi connectivity index (χ3n) is 5.27. The van der Waals surface area contributed by atoms with E-state index < -0.39 is 5.63 Å². The molecule has 0 saturated carbocycles. The first kappa shape index (κ1) is 22.1. The number of aromatic nitrogens is 2. The molecule has 0 aliphatic heterocycles. The molecule has 0 aliphatic rings. The number of hydrogen-bond donors (Lipinski definition) is 1. The number of ether oxygens (including phenoxy) is 2. The molecule has 1 N–H and O–H groups in total. The minimum atomic E-state index is -0.524. The summed E-state index contributed by atoms with van der Waals surface area (Å²) in [5.41, 5.74) is 2.55. The average Bonchev–Trinajstić information content (AvgIpc) is 3.35. The van der Waals surface area contributed by atoms with E-state index in [2.05, 4.69) is 21.4 Å². The van der Waals surface area contributed by atoms with Crippen LogP contribution in [0.4, 0.5) is 10.8 Å². The lowest BCUT2D eigenvalue weighted by Gasteiger charge is -2.09. The van der Waals surface area contributed by atoms with Crippen molar-refractivity contribution in [3.63, 3.8) is 0 Å². The van der Waals surface area contributed by atoms with Crippen LogP contribution in [0.5, 0.6) is 11.5 Å². The van der Waals surface area contributed by atoms with E-state index in [1.807, 2.05) is 36.4 Å². The molecule has 5 rings (SSSR count). The first-order chi connectivity index (χ1) is 17.2. The number of anilines is 2. The molecule has 0 unspecified atom stereocenters. The maximum Gasteiger partial charge on any atom is 0.345 e. The number of nitrogens with one attached hydrogen (secondary N) is 1. The van der Waals surface area contributed by atoms with E-state index in [4.69, 9.17) is 13.9 Å². The van der Waals surface area contributed by atoms with Crippen molar-refractivity contribution in [2.24, 2.45) is 0 Å². The fourth-order valence-electron chi connectivity index (χ4n) is 3.53. The lowest BCUT2D eigenvalue weighted by atomic mass is 10.1. The summed E-state index contributed by atoms with van der Waals surface area (Å²) in [6.45, 7) is 0.139. The predicted octanol–water partition coefficient (Wildman–Crippen LogP) is 5.51. The van der Waals surface area contributed by atoms with Crippen molar-refractivity contribution < 1.29 is 13.9 Å². The molecule has 0 amide bonds. The van der Waals surface area contributed by atoms with Gasteiger partial charge >= 0.3 is 5.63 Å². The molecule has 2 aromatic carbocycles. The van der Waals surface area contributed by atoms with Gasteiger partial charge in [0.1, 0.15) is 18.4 Å². The Kier molecular flexibility index (Phi) is 6.11. The number of methoxy groups -OCH3 is 1. The van der Waals surface area contributed by atoms with E-state index in [0.29, 0.717) is 50.0 Å². The Bertz CT molecular complexity index is 1620. The highest BCUT2D eigenvalue weighted by atomic mass is 32.1. The second-order valence-electron chi connectivity index (χ2n) is 7.42. The summed E-state index contributed by atoms with van der Waals surface area (Å²) >= 11 is 1.37. The van der Waals surface area contributed by atoms with E-state index in [0.717, 1.165) is 5.69 Å². The number of rotatable bonds is 7. The molecule has 35 heavy (non-hydrogen) atoms. The molecule has 0 bridgehead atoms. The number of hydrogen-bond acceptors (Lipinski definition) is 9. The summed E-state index contributed by atoms with van der Waals surface area (Å²) < 4.78 is 16.9. The van der Waals surface area contributed by atoms with Gasteiger partial charge < -0.3 is 19.2 Å². The van der Waals surface area contributed by atoms with Crippen molar-refractivity contribution in [3.05, 3.63) is 93.9 Å². The molecule has 3 aromatic heterocycles. The monoisotopic (exact) mass is 482 g/mol. The molecular formula is C26H18N4O4S. The van der Waals surface area contributed by atoms with Gasteiger partial charge in [0.2, 0.25) is 0 Å². The van der Waals surface area contributed by atoms with Crippen LogP contribution in [0, 0.1) is 11.3 Å². The van der Waals surface area contributed by atoms with Crippen LogP contribution in [0.2, 0.25) is 0 Å². The summed E-state index contributed by atoms with van der Waals surface area (Å²) in [4.78, 5) is 21.4. The Balaban J connectivity index is 1.43.